The van der Waals surface area contributed by atoms with E-state index in [0.29, 0.717) is 26.1 Å². The number of carboxylic acids is 1. The van der Waals surface area contributed by atoms with Crippen molar-refractivity contribution < 1.29 is 19.4 Å². The van der Waals surface area contributed by atoms with Crippen molar-refractivity contribution in [1.82, 2.24) is 5.32 Å². The van der Waals surface area contributed by atoms with Gasteiger partial charge in [-0.25, -0.2) is 0 Å². The standard InChI is InChI=1S/C11H20N2O4/c1-7(9(14)15)8(2)13-10(16)11(12)3-5-17-6-4-11/h7-8H,3-6,12H2,1-2H3,(H,13,16)(H,14,15). The molecule has 0 aliphatic carbocycles. The first-order valence-electron chi connectivity index (χ1n) is 5.77. The van der Waals surface area contributed by atoms with E-state index in [2.05, 4.69) is 5.32 Å². The summed E-state index contributed by atoms with van der Waals surface area (Å²) in [7, 11) is 0. The van der Waals surface area contributed by atoms with Gasteiger partial charge in [-0.3, -0.25) is 9.59 Å². The lowest BCUT2D eigenvalue weighted by Crippen LogP contribution is -2.59. The number of nitrogens with one attached hydrogen (secondary N) is 1. The van der Waals surface area contributed by atoms with Gasteiger partial charge in [0, 0.05) is 19.3 Å². The van der Waals surface area contributed by atoms with Gasteiger partial charge in [-0.15, -0.1) is 0 Å². The Balaban J connectivity index is 2.56. The molecule has 0 spiro atoms. The number of hydrogen-bond donors (Lipinski definition) is 3. The number of ether oxygens (including phenoxy) is 1. The topological polar surface area (TPSA) is 102 Å². The second-order valence-electron chi connectivity index (χ2n) is 4.66. The molecule has 6 heteroatoms. The van der Waals surface area contributed by atoms with Gasteiger partial charge in [0.15, 0.2) is 0 Å². The fourth-order valence-corrected chi connectivity index (χ4v) is 1.65. The van der Waals surface area contributed by atoms with Gasteiger partial charge in [-0.05, 0) is 26.7 Å². The molecule has 1 aliphatic heterocycles. The summed E-state index contributed by atoms with van der Waals surface area (Å²) in [6.07, 6.45) is 0.931. The van der Waals surface area contributed by atoms with Crippen LogP contribution in [-0.4, -0.2) is 41.8 Å². The second-order valence-corrected chi connectivity index (χ2v) is 4.66. The van der Waals surface area contributed by atoms with Crippen LogP contribution in [0.2, 0.25) is 0 Å². The Kier molecular flexibility index (Phi) is 4.47. The first-order chi connectivity index (χ1) is 7.87. The summed E-state index contributed by atoms with van der Waals surface area (Å²) >= 11 is 0. The van der Waals surface area contributed by atoms with Gasteiger partial charge in [-0.2, -0.15) is 0 Å². The van der Waals surface area contributed by atoms with Crippen LogP contribution in [0, 0.1) is 5.92 Å². The van der Waals surface area contributed by atoms with Crippen molar-refractivity contribution in [1.29, 1.82) is 0 Å². The molecule has 2 unspecified atom stereocenters. The molecule has 1 saturated heterocycles. The number of carbonyl (C=O) groups excluding carboxylic acids is 1. The Morgan fingerprint density at radius 3 is 2.35 bits per heavy atom. The summed E-state index contributed by atoms with van der Waals surface area (Å²) in [6.45, 7) is 4.15. The molecule has 1 heterocycles. The molecule has 0 aromatic carbocycles. The highest BCUT2D eigenvalue weighted by Gasteiger charge is 2.37. The van der Waals surface area contributed by atoms with E-state index in [1.807, 2.05) is 0 Å². The van der Waals surface area contributed by atoms with Crippen molar-refractivity contribution in [3.8, 4) is 0 Å². The fraction of sp³-hybridized carbons (Fsp3) is 0.818. The summed E-state index contributed by atoms with van der Waals surface area (Å²) in [5.74, 6) is -1.86. The van der Waals surface area contributed by atoms with Gasteiger partial charge in [-0.1, -0.05) is 0 Å². The molecule has 1 aliphatic rings. The molecule has 1 amide bonds. The van der Waals surface area contributed by atoms with Crippen LogP contribution in [0.25, 0.3) is 0 Å². The second kappa shape index (κ2) is 5.46. The molecule has 0 aromatic heterocycles. The molecular weight excluding hydrogens is 224 g/mol. The van der Waals surface area contributed by atoms with E-state index in [1.54, 1.807) is 13.8 Å². The minimum absolute atomic E-state index is 0.290. The number of carboxylic acid groups (broad SMARTS) is 1. The molecule has 0 saturated carbocycles. The molecule has 17 heavy (non-hydrogen) atoms. The van der Waals surface area contributed by atoms with E-state index < -0.39 is 23.5 Å². The Morgan fingerprint density at radius 1 is 1.35 bits per heavy atom. The average molecular weight is 244 g/mol. The number of amides is 1. The van der Waals surface area contributed by atoms with Crippen molar-refractivity contribution in [3.05, 3.63) is 0 Å². The van der Waals surface area contributed by atoms with Crippen molar-refractivity contribution >= 4 is 11.9 Å². The van der Waals surface area contributed by atoms with Gasteiger partial charge in [0.2, 0.25) is 5.91 Å². The van der Waals surface area contributed by atoms with Crippen molar-refractivity contribution in [2.45, 2.75) is 38.3 Å². The zero-order valence-corrected chi connectivity index (χ0v) is 10.2. The quantitative estimate of drug-likeness (QED) is 0.631. The van der Waals surface area contributed by atoms with E-state index in [9.17, 15) is 9.59 Å². The minimum Gasteiger partial charge on any atom is -0.481 e. The minimum atomic E-state index is -0.934. The predicted octanol–water partition coefficient (Wildman–Crippen LogP) is -0.280. The van der Waals surface area contributed by atoms with Crippen LogP contribution in [-0.2, 0) is 14.3 Å². The molecule has 98 valence electrons. The van der Waals surface area contributed by atoms with Crippen molar-refractivity contribution in [3.63, 3.8) is 0 Å². The van der Waals surface area contributed by atoms with Gasteiger partial charge in [0.1, 0.15) is 0 Å². The molecule has 1 rings (SSSR count). The largest absolute Gasteiger partial charge is 0.481 e. The van der Waals surface area contributed by atoms with Crippen LogP contribution < -0.4 is 11.1 Å². The maximum absolute atomic E-state index is 12.0. The third-order valence-corrected chi connectivity index (χ3v) is 3.34. The normalized spacial score (nSPS) is 22.5. The molecule has 0 bridgehead atoms. The molecular formula is C11H20N2O4. The highest BCUT2D eigenvalue weighted by Crippen LogP contribution is 2.18. The summed E-state index contributed by atoms with van der Waals surface area (Å²) in [5, 5.41) is 11.5. The van der Waals surface area contributed by atoms with Crippen LogP contribution in [0.4, 0.5) is 0 Å². The monoisotopic (exact) mass is 244 g/mol. The Morgan fingerprint density at radius 2 is 1.88 bits per heavy atom. The first-order valence-corrected chi connectivity index (χ1v) is 5.77. The average Bonchev–Trinajstić information content (AvgIpc) is 2.28. The van der Waals surface area contributed by atoms with Crippen LogP contribution in [0.5, 0.6) is 0 Å². The lowest BCUT2D eigenvalue weighted by molar-refractivity contribution is -0.142. The summed E-state index contributed by atoms with van der Waals surface area (Å²) in [4.78, 5) is 22.7. The SMILES string of the molecule is CC(NC(=O)C1(N)CCOCC1)C(C)C(=O)O. The maximum atomic E-state index is 12.0. The molecule has 2 atom stereocenters. The first kappa shape index (κ1) is 13.9. The smallest absolute Gasteiger partial charge is 0.308 e. The van der Waals surface area contributed by atoms with E-state index in [4.69, 9.17) is 15.6 Å². The van der Waals surface area contributed by atoms with Crippen LogP contribution >= 0.6 is 0 Å². The Bertz CT molecular complexity index is 300. The number of hydrogen-bond acceptors (Lipinski definition) is 4. The van der Waals surface area contributed by atoms with Crippen LogP contribution in [0.1, 0.15) is 26.7 Å². The van der Waals surface area contributed by atoms with E-state index >= 15 is 0 Å². The third kappa shape index (κ3) is 3.41. The fourth-order valence-electron chi connectivity index (χ4n) is 1.65. The lowest BCUT2D eigenvalue weighted by Gasteiger charge is -2.33. The number of aliphatic carboxylic acids is 1. The molecule has 4 N–H and O–H groups in total. The van der Waals surface area contributed by atoms with Gasteiger partial charge in [0.05, 0.1) is 11.5 Å². The summed E-state index contributed by atoms with van der Waals surface area (Å²) in [5.41, 5.74) is 5.06. The zero-order chi connectivity index (χ0) is 13.1. The highest BCUT2D eigenvalue weighted by molar-refractivity contribution is 5.87. The van der Waals surface area contributed by atoms with E-state index in [-0.39, 0.29) is 5.91 Å². The molecule has 0 aromatic rings. The number of rotatable bonds is 4. The molecule has 1 fully saturated rings. The molecule has 6 nitrogen and oxygen atoms in total. The number of nitrogens with two attached hydrogens (primary N) is 1. The maximum Gasteiger partial charge on any atom is 0.308 e. The van der Waals surface area contributed by atoms with E-state index in [0.717, 1.165) is 0 Å². The van der Waals surface area contributed by atoms with Crippen molar-refractivity contribution in [2.75, 3.05) is 13.2 Å². The highest BCUT2D eigenvalue weighted by atomic mass is 16.5. The zero-order valence-electron chi connectivity index (χ0n) is 10.2. The van der Waals surface area contributed by atoms with Crippen LogP contribution in [0.3, 0.4) is 0 Å². The Hall–Kier alpha value is -1.14. The van der Waals surface area contributed by atoms with Gasteiger partial charge >= 0.3 is 5.97 Å². The predicted molar refractivity (Wildman–Crippen MR) is 61.4 cm³/mol. The number of carbonyl (C=O) groups is 2. The van der Waals surface area contributed by atoms with Gasteiger partial charge in [0.25, 0.3) is 0 Å². The van der Waals surface area contributed by atoms with Crippen LogP contribution in [0.15, 0.2) is 0 Å². The van der Waals surface area contributed by atoms with Crippen molar-refractivity contribution in [2.24, 2.45) is 11.7 Å². The summed E-state index contributed by atoms with van der Waals surface area (Å²) < 4.78 is 5.15. The third-order valence-electron chi connectivity index (χ3n) is 3.34. The van der Waals surface area contributed by atoms with Gasteiger partial charge < -0.3 is 20.9 Å². The Labute approximate surface area is 101 Å². The lowest BCUT2D eigenvalue weighted by atomic mass is 9.89. The van der Waals surface area contributed by atoms with E-state index in [1.165, 1.54) is 0 Å². The summed E-state index contributed by atoms with van der Waals surface area (Å²) in [6, 6.07) is -0.441. The molecule has 0 radical (unpaired) electrons.